The summed E-state index contributed by atoms with van der Waals surface area (Å²) >= 11 is 0. The third-order valence-corrected chi connectivity index (χ3v) is 3.46. The van der Waals surface area contributed by atoms with Gasteiger partial charge >= 0.3 is 0 Å². The van der Waals surface area contributed by atoms with Crippen LogP contribution in [0, 0.1) is 0 Å². The summed E-state index contributed by atoms with van der Waals surface area (Å²) in [5.41, 5.74) is 6.72. The SMILES string of the molecule is Cl.NCCC(=O)NC1CCCC1c1ccccc1. The number of nitrogens with one attached hydrogen (secondary N) is 1. The first-order valence-electron chi connectivity index (χ1n) is 6.35. The predicted octanol–water partition coefficient (Wildman–Crippen LogP) is 2.21. The number of amides is 1. The van der Waals surface area contributed by atoms with Crippen LogP contribution in [0.25, 0.3) is 0 Å². The molecule has 1 aromatic rings. The summed E-state index contributed by atoms with van der Waals surface area (Å²) in [6.45, 7) is 0.425. The minimum Gasteiger partial charge on any atom is -0.353 e. The molecule has 3 N–H and O–H groups in total. The zero-order chi connectivity index (χ0) is 12.1. The van der Waals surface area contributed by atoms with Gasteiger partial charge in [0.15, 0.2) is 0 Å². The van der Waals surface area contributed by atoms with Gasteiger partial charge in [-0.3, -0.25) is 4.79 Å². The van der Waals surface area contributed by atoms with Crippen molar-refractivity contribution in [3.8, 4) is 0 Å². The fourth-order valence-electron chi connectivity index (χ4n) is 2.64. The molecule has 2 rings (SSSR count). The van der Waals surface area contributed by atoms with Crippen molar-refractivity contribution < 1.29 is 4.79 Å². The quantitative estimate of drug-likeness (QED) is 0.880. The number of hydrogen-bond acceptors (Lipinski definition) is 2. The van der Waals surface area contributed by atoms with Crippen molar-refractivity contribution in [2.24, 2.45) is 5.73 Å². The van der Waals surface area contributed by atoms with Crippen molar-refractivity contribution in [2.75, 3.05) is 6.54 Å². The fraction of sp³-hybridized carbons (Fsp3) is 0.500. The van der Waals surface area contributed by atoms with Crippen LogP contribution in [0.3, 0.4) is 0 Å². The van der Waals surface area contributed by atoms with Gasteiger partial charge in [0, 0.05) is 24.9 Å². The molecule has 0 heterocycles. The van der Waals surface area contributed by atoms with E-state index in [1.165, 1.54) is 12.0 Å². The Labute approximate surface area is 115 Å². The maximum absolute atomic E-state index is 11.6. The summed E-state index contributed by atoms with van der Waals surface area (Å²) in [7, 11) is 0. The van der Waals surface area contributed by atoms with Crippen LogP contribution in [0.2, 0.25) is 0 Å². The Bertz CT molecular complexity index is 369. The molecule has 2 atom stereocenters. The standard InChI is InChI=1S/C14H20N2O.ClH/c15-10-9-14(17)16-13-8-4-7-12(13)11-5-2-1-3-6-11;/h1-3,5-6,12-13H,4,7-10,15H2,(H,16,17);1H. The summed E-state index contributed by atoms with van der Waals surface area (Å²) in [6.07, 6.45) is 3.86. The van der Waals surface area contributed by atoms with E-state index in [1.54, 1.807) is 0 Å². The molecule has 0 bridgehead atoms. The zero-order valence-corrected chi connectivity index (χ0v) is 11.3. The molecule has 3 nitrogen and oxygen atoms in total. The van der Waals surface area contributed by atoms with Crippen LogP contribution in [0.5, 0.6) is 0 Å². The second kappa shape index (κ2) is 7.39. The van der Waals surface area contributed by atoms with E-state index in [2.05, 4.69) is 29.6 Å². The molecular formula is C14H21ClN2O. The van der Waals surface area contributed by atoms with Crippen molar-refractivity contribution in [1.29, 1.82) is 0 Å². The first kappa shape index (κ1) is 15.0. The normalized spacial score (nSPS) is 22.3. The largest absolute Gasteiger partial charge is 0.353 e. The van der Waals surface area contributed by atoms with Crippen molar-refractivity contribution in [2.45, 2.75) is 37.6 Å². The van der Waals surface area contributed by atoms with E-state index in [0.29, 0.717) is 18.9 Å². The van der Waals surface area contributed by atoms with Gasteiger partial charge in [0.1, 0.15) is 0 Å². The highest BCUT2D eigenvalue weighted by atomic mass is 35.5. The van der Waals surface area contributed by atoms with E-state index in [0.717, 1.165) is 12.8 Å². The van der Waals surface area contributed by atoms with E-state index in [-0.39, 0.29) is 24.4 Å². The lowest BCUT2D eigenvalue weighted by Gasteiger charge is -2.21. The number of carbonyl (C=O) groups excluding carboxylic acids is 1. The molecular weight excluding hydrogens is 248 g/mol. The van der Waals surface area contributed by atoms with Crippen LogP contribution < -0.4 is 11.1 Å². The summed E-state index contributed by atoms with van der Waals surface area (Å²) in [5.74, 6) is 0.554. The lowest BCUT2D eigenvalue weighted by atomic mass is 9.94. The van der Waals surface area contributed by atoms with Gasteiger partial charge in [-0.15, -0.1) is 12.4 Å². The van der Waals surface area contributed by atoms with Crippen LogP contribution in [-0.4, -0.2) is 18.5 Å². The minimum absolute atomic E-state index is 0. The van der Waals surface area contributed by atoms with Gasteiger partial charge in [-0.25, -0.2) is 0 Å². The monoisotopic (exact) mass is 268 g/mol. The lowest BCUT2D eigenvalue weighted by Crippen LogP contribution is -2.37. The van der Waals surface area contributed by atoms with Crippen LogP contribution in [-0.2, 0) is 4.79 Å². The van der Waals surface area contributed by atoms with E-state index >= 15 is 0 Å². The molecule has 4 heteroatoms. The molecule has 18 heavy (non-hydrogen) atoms. The summed E-state index contributed by atoms with van der Waals surface area (Å²) in [4.78, 5) is 11.6. The molecule has 0 radical (unpaired) electrons. The second-order valence-corrected chi connectivity index (χ2v) is 4.66. The first-order valence-corrected chi connectivity index (χ1v) is 6.35. The van der Waals surface area contributed by atoms with Gasteiger partial charge in [-0.05, 0) is 18.4 Å². The average Bonchev–Trinajstić information content (AvgIpc) is 2.78. The minimum atomic E-state index is 0. The maximum Gasteiger partial charge on any atom is 0.221 e. The molecule has 2 unspecified atom stereocenters. The van der Waals surface area contributed by atoms with Crippen LogP contribution in [0.15, 0.2) is 30.3 Å². The van der Waals surface area contributed by atoms with E-state index < -0.39 is 0 Å². The summed E-state index contributed by atoms with van der Waals surface area (Å²) in [6, 6.07) is 10.7. The Kier molecular flexibility index (Phi) is 6.16. The fourth-order valence-corrected chi connectivity index (χ4v) is 2.64. The molecule has 100 valence electrons. The third kappa shape index (κ3) is 3.72. The van der Waals surface area contributed by atoms with Crippen molar-refractivity contribution in [1.82, 2.24) is 5.32 Å². The summed E-state index contributed by atoms with van der Waals surface area (Å²) < 4.78 is 0. The molecule has 0 spiro atoms. The van der Waals surface area contributed by atoms with E-state index in [4.69, 9.17) is 5.73 Å². The lowest BCUT2D eigenvalue weighted by molar-refractivity contribution is -0.121. The van der Waals surface area contributed by atoms with Crippen LogP contribution >= 0.6 is 12.4 Å². The highest BCUT2D eigenvalue weighted by molar-refractivity contribution is 5.85. The maximum atomic E-state index is 11.6. The Balaban J connectivity index is 0.00000162. The second-order valence-electron chi connectivity index (χ2n) is 4.66. The zero-order valence-electron chi connectivity index (χ0n) is 10.5. The third-order valence-electron chi connectivity index (χ3n) is 3.46. The van der Waals surface area contributed by atoms with Crippen LogP contribution in [0.1, 0.15) is 37.2 Å². The van der Waals surface area contributed by atoms with E-state index in [1.807, 2.05) is 6.07 Å². The van der Waals surface area contributed by atoms with Crippen molar-refractivity contribution in [3.05, 3.63) is 35.9 Å². The summed E-state index contributed by atoms with van der Waals surface area (Å²) in [5, 5.41) is 3.11. The van der Waals surface area contributed by atoms with Crippen LogP contribution in [0.4, 0.5) is 0 Å². The number of rotatable bonds is 4. The molecule has 1 aliphatic rings. The van der Waals surface area contributed by atoms with Crippen molar-refractivity contribution in [3.63, 3.8) is 0 Å². The molecule has 0 aromatic heterocycles. The number of benzene rings is 1. The Morgan fingerprint density at radius 2 is 2.00 bits per heavy atom. The topological polar surface area (TPSA) is 55.1 Å². The van der Waals surface area contributed by atoms with Gasteiger partial charge in [0.05, 0.1) is 0 Å². The first-order chi connectivity index (χ1) is 8.31. The van der Waals surface area contributed by atoms with Gasteiger partial charge in [-0.1, -0.05) is 36.8 Å². The van der Waals surface area contributed by atoms with Gasteiger partial charge in [0.25, 0.3) is 0 Å². The molecule has 1 aliphatic carbocycles. The predicted molar refractivity (Wildman–Crippen MR) is 75.9 cm³/mol. The smallest absolute Gasteiger partial charge is 0.221 e. The van der Waals surface area contributed by atoms with Gasteiger partial charge in [0.2, 0.25) is 5.91 Å². The molecule has 1 saturated carbocycles. The van der Waals surface area contributed by atoms with Gasteiger partial charge < -0.3 is 11.1 Å². The Morgan fingerprint density at radius 3 is 2.67 bits per heavy atom. The number of halogens is 1. The number of hydrogen-bond donors (Lipinski definition) is 2. The van der Waals surface area contributed by atoms with E-state index in [9.17, 15) is 4.79 Å². The molecule has 1 aromatic carbocycles. The van der Waals surface area contributed by atoms with Crippen molar-refractivity contribution >= 4 is 18.3 Å². The molecule has 1 fully saturated rings. The Morgan fingerprint density at radius 1 is 1.28 bits per heavy atom. The highest BCUT2D eigenvalue weighted by Gasteiger charge is 2.29. The average molecular weight is 269 g/mol. The number of carbonyl (C=O) groups is 1. The Hall–Kier alpha value is -1.06. The molecule has 0 aliphatic heterocycles. The van der Waals surface area contributed by atoms with Gasteiger partial charge in [-0.2, -0.15) is 0 Å². The number of nitrogens with two attached hydrogens (primary N) is 1. The molecule has 1 amide bonds. The molecule has 0 saturated heterocycles. The highest BCUT2D eigenvalue weighted by Crippen LogP contribution is 2.34.